The van der Waals surface area contributed by atoms with Crippen LogP contribution in [0.4, 0.5) is 0 Å². The molecule has 0 saturated heterocycles. The van der Waals surface area contributed by atoms with Crippen LogP contribution in [-0.4, -0.2) is 31.4 Å². The molecule has 0 aliphatic rings. The van der Waals surface area contributed by atoms with Crippen molar-refractivity contribution >= 4 is 5.84 Å². The van der Waals surface area contributed by atoms with Crippen LogP contribution in [0.15, 0.2) is 0 Å². The molecule has 0 unspecified atom stereocenters. The monoisotopic (exact) mass is 185 g/mol. The van der Waals surface area contributed by atoms with Gasteiger partial charge in [0.25, 0.3) is 0 Å². The fourth-order valence-corrected chi connectivity index (χ4v) is 1.13. The van der Waals surface area contributed by atoms with E-state index in [1.807, 2.05) is 13.8 Å². The first kappa shape index (κ1) is 12.4. The Kier molecular flexibility index (Phi) is 4.99. The van der Waals surface area contributed by atoms with E-state index in [0.29, 0.717) is 5.84 Å². The molecule has 0 aliphatic carbocycles. The third-order valence-electron chi connectivity index (χ3n) is 2.39. The lowest BCUT2D eigenvalue weighted by Gasteiger charge is -2.22. The average molecular weight is 185 g/mol. The lowest BCUT2D eigenvalue weighted by atomic mass is 9.86. The molecule has 0 saturated carbocycles. The summed E-state index contributed by atoms with van der Waals surface area (Å²) >= 11 is 0. The quantitative estimate of drug-likeness (QED) is 0.376. The summed E-state index contributed by atoms with van der Waals surface area (Å²) < 4.78 is 0. The molecule has 78 valence electrons. The fraction of sp³-hybridized carbons (Fsp3) is 0.900. The predicted octanol–water partition coefficient (Wildman–Crippen LogP) is 1.68. The topological polar surface area (TPSA) is 53.1 Å². The number of rotatable bonds is 6. The highest BCUT2D eigenvalue weighted by Crippen LogP contribution is 2.22. The van der Waals surface area contributed by atoms with Crippen LogP contribution < -0.4 is 5.73 Å². The third-order valence-corrected chi connectivity index (χ3v) is 2.39. The van der Waals surface area contributed by atoms with E-state index >= 15 is 0 Å². The zero-order valence-corrected chi connectivity index (χ0v) is 9.35. The van der Waals surface area contributed by atoms with E-state index in [2.05, 4.69) is 19.0 Å². The van der Waals surface area contributed by atoms with E-state index in [-0.39, 0.29) is 5.41 Å². The number of nitrogens with two attached hydrogens (primary N) is 1. The SMILES string of the molecule is CN(C)CCCCC(C)(C)C(=N)N. The van der Waals surface area contributed by atoms with Gasteiger partial charge in [-0.1, -0.05) is 20.3 Å². The summed E-state index contributed by atoms with van der Waals surface area (Å²) in [4.78, 5) is 2.18. The molecule has 0 radical (unpaired) electrons. The van der Waals surface area contributed by atoms with Gasteiger partial charge in [0.1, 0.15) is 0 Å². The Hall–Kier alpha value is -0.570. The number of unbranched alkanes of at least 4 members (excludes halogenated alkanes) is 1. The standard InChI is InChI=1S/C10H23N3/c1-10(2,9(11)12)7-5-6-8-13(3)4/h5-8H2,1-4H3,(H3,11,12). The van der Waals surface area contributed by atoms with Gasteiger partial charge in [-0.05, 0) is 33.5 Å². The van der Waals surface area contributed by atoms with E-state index < -0.39 is 0 Å². The summed E-state index contributed by atoms with van der Waals surface area (Å²) in [7, 11) is 4.16. The Bertz CT molecular complexity index is 162. The minimum absolute atomic E-state index is 0.119. The maximum atomic E-state index is 7.38. The molecule has 0 spiro atoms. The Morgan fingerprint density at radius 2 is 1.85 bits per heavy atom. The largest absolute Gasteiger partial charge is 0.387 e. The van der Waals surface area contributed by atoms with Gasteiger partial charge in [-0.3, -0.25) is 5.41 Å². The summed E-state index contributed by atoms with van der Waals surface area (Å²) in [5, 5.41) is 7.38. The van der Waals surface area contributed by atoms with Gasteiger partial charge in [0.15, 0.2) is 0 Å². The number of hydrogen-bond acceptors (Lipinski definition) is 2. The van der Waals surface area contributed by atoms with Crippen LogP contribution in [0.25, 0.3) is 0 Å². The molecule has 13 heavy (non-hydrogen) atoms. The van der Waals surface area contributed by atoms with Crippen molar-refractivity contribution in [2.45, 2.75) is 33.1 Å². The van der Waals surface area contributed by atoms with Crippen molar-refractivity contribution in [1.29, 1.82) is 5.41 Å². The fourth-order valence-electron chi connectivity index (χ4n) is 1.13. The van der Waals surface area contributed by atoms with Gasteiger partial charge in [-0.15, -0.1) is 0 Å². The summed E-state index contributed by atoms with van der Waals surface area (Å²) in [6.07, 6.45) is 3.34. The zero-order valence-electron chi connectivity index (χ0n) is 9.35. The molecule has 0 amide bonds. The molecule has 0 rings (SSSR count). The molecule has 0 aromatic carbocycles. The number of nitrogens with zero attached hydrogens (tertiary/aromatic N) is 1. The van der Waals surface area contributed by atoms with Gasteiger partial charge in [0.2, 0.25) is 0 Å². The molecule has 0 aliphatic heterocycles. The summed E-state index contributed by atoms with van der Waals surface area (Å²) in [5.41, 5.74) is 5.37. The van der Waals surface area contributed by atoms with Crippen LogP contribution in [0, 0.1) is 10.8 Å². The first-order chi connectivity index (χ1) is 5.86. The number of nitrogens with one attached hydrogen (secondary N) is 1. The normalized spacial score (nSPS) is 12.1. The Morgan fingerprint density at radius 3 is 2.23 bits per heavy atom. The number of hydrogen-bond donors (Lipinski definition) is 2. The zero-order chi connectivity index (χ0) is 10.5. The van der Waals surface area contributed by atoms with Crippen LogP contribution in [0.3, 0.4) is 0 Å². The molecule has 0 atom stereocenters. The van der Waals surface area contributed by atoms with E-state index in [1.54, 1.807) is 0 Å². The average Bonchev–Trinajstić information content (AvgIpc) is 1.97. The highest BCUT2D eigenvalue weighted by atomic mass is 15.0. The summed E-state index contributed by atoms with van der Waals surface area (Å²) in [5.74, 6) is 0.303. The van der Waals surface area contributed by atoms with Crippen molar-refractivity contribution in [2.24, 2.45) is 11.1 Å². The molecule has 3 N–H and O–H groups in total. The van der Waals surface area contributed by atoms with E-state index in [1.165, 1.54) is 6.42 Å². The summed E-state index contributed by atoms with van der Waals surface area (Å²) in [6, 6.07) is 0. The maximum absolute atomic E-state index is 7.38. The second kappa shape index (κ2) is 5.22. The van der Waals surface area contributed by atoms with E-state index in [9.17, 15) is 0 Å². The summed E-state index contributed by atoms with van der Waals surface area (Å²) in [6.45, 7) is 5.18. The smallest absolute Gasteiger partial charge is 0.0963 e. The van der Waals surface area contributed by atoms with E-state index in [0.717, 1.165) is 19.4 Å². The van der Waals surface area contributed by atoms with Crippen molar-refractivity contribution in [1.82, 2.24) is 4.90 Å². The maximum Gasteiger partial charge on any atom is 0.0963 e. The molecule has 0 aromatic rings. The van der Waals surface area contributed by atoms with Crippen molar-refractivity contribution in [3.63, 3.8) is 0 Å². The lowest BCUT2D eigenvalue weighted by molar-refractivity contribution is 0.368. The Balaban J connectivity index is 3.58. The minimum atomic E-state index is -0.119. The second-order valence-electron chi connectivity index (χ2n) is 4.56. The third kappa shape index (κ3) is 5.64. The van der Waals surface area contributed by atoms with Crippen LogP contribution in [0.2, 0.25) is 0 Å². The van der Waals surface area contributed by atoms with Gasteiger partial charge in [-0.2, -0.15) is 0 Å². The highest BCUT2D eigenvalue weighted by molar-refractivity contribution is 5.82. The van der Waals surface area contributed by atoms with Crippen molar-refractivity contribution < 1.29 is 0 Å². The van der Waals surface area contributed by atoms with Gasteiger partial charge in [0.05, 0.1) is 5.84 Å². The van der Waals surface area contributed by atoms with E-state index in [4.69, 9.17) is 11.1 Å². The lowest BCUT2D eigenvalue weighted by Crippen LogP contribution is -2.30. The molecular weight excluding hydrogens is 162 g/mol. The van der Waals surface area contributed by atoms with Crippen molar-refractivity contribution in [3.8, 4) is 0 Å². The van der Waals surface area contributed by atoms with Gasteiger partial charge < -0.3 is 10.6 Å². The first-order valence-corrected chi connectivity index (χ1v) is 4.85. The van der Waals surface area contributed by atoms with Crippen molar-refractivity contribution in [3.05, 3.63) is 0 Å². The first-order valence-electron chi connectivity index (χ1n) is 4.85. The van der Waals surface area contributed by atoms with Crippen LogP contribution in [-0.2, 0) is 0 Å². The Morgan fingerprint density at radius 1 is 1.31 bits per heavy atom. The molecule has 0 heterocycles. The molecule has 3 heteroatoms. The molecule has 0 aromatic heterocycles. The van der Waals surface area contributed by atoms with Crippen LogP contribution >= 0.6 is 0 Å². The van der Waals surface area contributed by atoms with Crippen LogP contribution in [0.5, 0.6) is 0 Å². The molecular formula is C10H23N3. The molecule has 0 fully saturated rings. The van der Waals surface area contributed by atoms with Gasteiger partial charge >= 0.3 is 0 Å². The molecule has 3 nitrogen and oxygen atoms in total. The Labute approximate surface area is 81.8 Å². The van der Waals surface area contributed by atoms with Crippen molar-refractivity contribution in [2.75, 3.05) is 20.6 Å². The molecule has 0 bridgehead atoms. The highest BCUT2D eigenvalue weighted by Gasteiger charge is 2.20. The minimum Gasteiger partial charge on any atom is -0.387 e. The van der Waals surface area contributed by atoms with Gasteiger partial charge in [0, 0.05) is 5.41 Å². The second-order valence-corrected chi connectivity index (χ2v) is 4.56. The van der Waals surface area contributed by atoms with Gasteiger partial charge in [-0.25, -0.2) is 0 Å². The predicted molar refractivity (Wildman–Crippen MR) is 58.1 cm³/mol. The number of amidine groups is 1. The van der Waals surface area contributed by atoms with Crippen LogP contribution in [0.1, 0.15) is 33.1 Å².